The largest absolute Gasteiger partial charge is 0.342 e. The third-order valence-corrected chi connectivity index (χ3v) is 6.75. The van der Waals surface area contributed by atoms with Crippen LogP contribution in [0.25, 0.3) is 0 Å². The average molecular weight is 543 g/mol. The third-order valence-electron chi connectivity index (χ3n) is 4.83. The predicted octanol–water partition coefficient (Wildman–Crippen LogP) is 6.69. The van der Waals surface area contributed by atoms with E-state index in [2.05, 4.69) is 15.4 Å². The molecule has 2 heterocycles. The van der Waals surface area contributed by atoms with Gasteiger partial charge in [-0.2, -0.15) is 10.1 Å². The van der Waals surface area contributed by atoms with Crippen LogP contribution in [0.3, 0.4) is 0 Å². The molecule has 0 fully saturated rings. The molecule has 11 heteroatoms. The fraction of sp³-hybridized carbons (Fsp3) is 0.0909. The zero-order valence-corrected chi connectivity index (χ0v) is 20.4. The summed E-state index contributed by atoms with van der Waals surface area (Å²) in [7, 11) is 0. The molecule has 4 rings (SSSR count). The molecule has 1 aliphatic heterocycles. The molecule has 33 heavy (non-hydrogen) atoms. The zero-order chi connectivity index (χ0) is 23.7. The van der Waals surface area contributed by atoms with E-state index in [1.165, 1.54) is 11.2 Å². The van der Waals surface area contributed by atoms with Crippen LogP contribution in [0.15, 0.2) is 47.7 Å². The Balaban J connectivity index is 1.55. The molecule has 2 aromatic carbocycles. The zero-order valence-electron chi connectivity index (χ0n) is 16.6. The van der Waals surface area contributed by atoms with Crippen LogP contribution in [-0.4, -0.2) is 29.6 Å². The molecule has 1 N–H and O–H groups in total. The molecular formula is C22H13Cl5N4O2. The number of rotatable bonds is 5. The normalized spacial score (nSPS) is 13.2. The number of pyridine rings is 1. The van der Waals surface area contributed by atoms with Crippen molar-refractivity contribution in [2.24, 2.45) is 5.10 Å². The number of anilines is 1. The van der Waals surface area contributed by atoms with Gasteiger partial charge in [-0.15, -0.1) is 0 Å². The summed E-state index contributed by atoms with van der Waals surface area (Å²) in [4.78, 5) is 28.8. The van der Waals surface area contributed by atoms with E-state index >= 15 is 0 Å². The molecule has 0 radical (unpaired) electrons. The molecule has 0 saturated heterocycles. The monoisotopic (exact) mass is 540 g/mol. The number of hydrogen-bond donors (Lipinski definition) is 1. The summed E-state index contributed by atoms with van der Waals surface area (Å²) in [5.41, 5.74) is 2.40. The number of urea groups is 1. The van der Waals surface area contributed by atoms with Gasteiger partial charge in [-0.25, -0.2) is 9.78 Å². The number of halogens is 5. The van der Waals surface area contributed by atoms with Crippen LogP contribution in [0, 0.1) is 0 Å². The van der Waals surface area contributed by atoms with Crippen LogP contribution in [0.2, 0.25) is 25.1 Å². The Morgan fingerprint density at radius 3 is 2.27 bits per heavy atom. The first-order chi connectivity index (χ1) is 15.8. The minimum absolute atomic E-state index is 0.00335. The number of carbonyl (C=O) groups is 2. The Bertz CT molecular complexity index is 1270. The number of amides is 2. The Labute approximate surface area is 214 Å². The van der Waals surface area contributed by atoms with Crippen molar-refractivity contribution in [3.63, 3.8) is 0 Å². The van der Waals surface area contributed by atoms with Gasteiger partial charge in [0.05, 0.1) is 27.3 Å². The molecule has 1 aliphatic rings. The van der Waals surface area contributed by atoms with E-state index in [9.17, 15) is 9.59 Å². The molecule has 0 aliphatic carbocycles. The lowest BCUT2D eigenvalue weighted by atomic mass is 10.0. The van der Waals surface area contributed by atoms with Gasteiger partial charge in [-0.3, -0.25) is 4.79 Å². The van der Waals surface area contributed by atoms with Crippen molar-refractivity contribution in [1.82, 2.24) is 10.3 Å². The predicted molar refractivity (Wildman–Crippen MR) is 133 cm³/mol. The van der Waals surface area contributed by atoms with E-state index in [1.54, 1.807) is 42.6 Å². The molecule has 0 atom stereocenters. The summed E-state index contributed by atoms with van der Waals surface area (Å²) in [6.45, 7) is 0.362. The number of hydrazone groups is 1. The van der Waals surface area contributed by atoms with Gasteiger partial charge in [-0.1, -0.05) is 82.3 Å². The minimum atomic E-state index is -0.383. The van der Waals surface area contributed by atoms with Gasteiger partial charge < -0.3 is 5.32 Å². The van der Waals surface area contributed by atoms with Gasteiger partial charge in [0, 0.05) is 34.4 Å². The summed E-state index contributed by atoms with van der Waals surface area (Å²) >= 11 is 30.9. The van der Waals surface area contributed by atoms with E-state index in [-0.39, 0.29) is 32.6 Å². The highest BCUT2D eigenvalue weighted by molar-refractivity contribution is 6.49. The molecule has 0 spiro atoms. The molecule has 0 unspecified atom stereocenters. The fourth-order valence-electron chi connectivity index (χ4n) is 3.16. The van der Waals surface area contributed by atoms with Gasteiger partial charge in [0.2, 0.25) is 5.78 Å². The maximum Gasteiger partial charge on any atom is 0.342 e. The smallest absolute Gasteiger partial charge is 0.331 e. The van der Waals surface area contributed by atoms with Crippen molar-refractivity contribution >= 4 is 81.7 Å². The highest BCUT2D eigenvalue weighted by atomic mass is 35.5. The molecule has 0 bridgehead atoms. The van der Waals surface area contributed by atoms with Gasteiger partial charge in [0.1, 0.15) is 5.69 Å². The van der Waals surface area contributed by atoms with Crippen molar-refractivity contribution in [1.29, 1.82) is 0 Å². The Morgan fingerprint density at radius 1 is 0.970 bits per heavy atom. The van der Waals surface area contributed by atoms with Crippen LogP contribution in [0.5, 0.6) is 0 Å². The van der Waals surface area contributed by atoms with Gasteiger partial charge in [0.15, 0.2) is 0 Å². The summed E-state index contributed by atoms with van der Waals surface area (Å²) < 4.78 is 0. The number of benzene rings is 2. The van der Waals surface area contributed by atoms with E-state index < -0.39 is 0 Å². The van der Waals surface area contributed by atoms with Crippen LogP contribution in [-0.2, 0) is 6.42 Å². The Morgan fingerprint density at radius 2 is 1.64 bits per heavy atom. The topological polar surface area (TPSA) is 74.7 Å². The maximum atomic E-state index is 12.8. The number of hydrogen-bond acceptors (Lipinski definition) is 4. The molecule has 1 aromatic heterocycles. The van der Waals surface area contributed by atoms with Crippen LogP contribution < -0.4 is 10.3 Å². The number of nitrogens with zero attached hydrogens (tertiary/aromatic N) is 3. The summed E-state index contributed by atoms with van der Waals surface area (Å²) in [6, 6.07) is 9.75. The molecule has 168 valence electrons. The lowest BCUT2D eigenvalue weighted by Gasteiger charge is -2.22. The first-order valence-electron chi connectivity index (χ1n) is 9.47. The number of nitrogens with one attached hydrogen (secondary N) is 1. The quantitative estimate of drug-likeness (QED) is 0.365. The SMILES string of the molecule is O=C(c1ccc(Cc2c(Cl)cc(N3N=CCNC3=O)cc2Cl)cc1)c1ncc(Cl)c(Cl)c1Cl. The first kappa shape index (κ1) is 23.8. The average Bonchev–Trinajstić information content (AvgIpc) is 2.80. The third kappa shape index (κ3) is 4.95. The van der Waals surface area contributed by atoms with Crippen molar-refractivity contribution in [2.45, 2.75) is 6.42 Å². The molecular weight excluding hydrogens is 530 g/mol. The van der Waals surface area contributed by atoms with E-state index in [0.717, 1.165) is 5.56 Å². The van der Waals surface area contributed by atoms with Gasteiger partial charge in [-0.05, 0) is 23.3 Å². The van der Waals surface area contributed by atoms with Gasteiger partial charge in [0.25, 0.3) is 0 Å². The van der Waals surface area contributed by atoms with E-state index in [1.807, 2.05) is 0 Å². The van der Waals surface area contributed by atoms with E-state index in [0.29, 0.717) is 39.8 Å². The van der Waals surface area contributed by atoms with Crippen molar-refractivity contribution in [2.75, 3.05) is 11.6 Å². The second kappa shape index (κ2) is 9.87. The van der Waals surface area contributed by atoms with Gasteiger partial charge >= 0.3 is 6.03 Å². The van der Waals surface area contributed by atoms with Crippen molar-refractivity contribution in [3.05, 3.63) is 90.1 Å². The summed E-state index contributed by atoms with van der Waals surface area (Å²) in [6.07, 6.45) is 3.26. The summed E-state index contributed by atoms with van der Waals surface area (Å²) in [5, 5.41) is 8.93. The Kier molecular flexibility index (Phi) is 7.12. The second-order valence-corrected chi connectivity index (χ2v) is 8.95. The molecule has 2 amide bonds. The molecule has 6 nitrogen and oxygen atoms in total. The lowest BCUT2D eigenvalue weighted by Crippen LogP contribution is -2.41. The summed E-state index contributed by atoms with van der Waals surface area (Å²) in [5.74, 6) is -0.383. The van der Waals surface area contributed by atoms with Crippen LogP contribution >= 0.6 is 58.0 Å². The number of ketones is 1. The number of aromatic nitrogens is 1. The highest BCUT2D eigenvalue weighted by Crippen LogP contribution is 2.34. The van der Waals surface area contributed by atoms with Crippen molar-refractivity contribution < 1.29 is 9.59 Å². The van der Waals surface area contributed by atoms with Crippen molar-refractivity contribution in [3.8, 4) is 0 Å². The standard InChI is InChI=1S/C22H13Cl5N4O2/c23-15-8-13(31-22(33)28-5-6-30-31)9-16(24)14(15)7-11-1-3-12(4-2-11)21(32)20-19(27)18(26)17(25)10-29-20/h1-4,6,8-10H,5,7H2,(H,28,33). The Hall–Kier alpha value is -2.35. The maximum absolute atomic E-state index is 12.8. The van der Waals surface area contributed by atoms with Crippen LogP contribution in [0.1, 0.15) is 27.2 Å². The molecule has 3 aromatic rings. The minimum Gasteiger partial charge on any atom is -0.331 e. The molecule has 0 saturated carbocycles. The highest BCUT2D eigenvalue weighted by Gasteiger charge is 2.21. The first-order valence-corrected chi connectivity index (χ1v) is 11.4. The lowest BCUT2D eigenvalue weighted by molar-refractivity contribution is 0.103. The second-order valence-electron chi connectivity index (χ2n) is 6.97. The van der Waals surface area contributed by atoms with E-state index in [4.69, 9.17) is 58.0 Å². The number of carbonyl (C=O) groups excluding carboxylic acids is 2. The van der Waals surface area contributed by atoms with Crippen LogP contribution in [0.4, 0.5) is 10.5 Å². The fourth-order valence-corrected chi connectivity index (χ4v) is 4.34.